The molecule has 1 rings (SSSR count). The van der Waals surface area contributed by atoms with E-state index in [0.29, 0.717) is 6.42 Å². The summed E-state index contributed by atoms with van der Waals surface area (Å²) in [5.74, 6) is -0.116. The monoisotopic (exact) mass is 228 g/mol. The number of nitrogens with one attached hydrogen (secondary N) is 1. The second kappa shape index (κ2) is 5.64. The van der Waals surface area contributed by atoms with Gasteiger partial charge in [0.15, 0.2) is 0 Å². The van der Waals surface area contributed by atoms with E-state index in [0.717, 1.165) is 12.8 Å². The van der Waals surface area contributed by atoms with E-state index < -0.39 is 0 Å². The van der Waals surface area contributed by atoms with Crippen LogP contribution < -0.4 is 11.2 Å². The minimum absolute atomic E-state index is 0.0509. The lowest BCUT2D eigenvalue weighted by Gasteiger charge is -2.26. The fourth-order valence-electron chi connectivity index (χ4n) is 1.70. The SMILES string of the molecule is CC(C)(C)C(N)CC(=O)NOC1CCCC1. The molecule has 1 aliphatic rings. The summed E-state index contributed by atoms with van der Waals surface area (Å²) < 4.78 is 0. The quantitative estimate of drug-likeness (QED) is 0.720. The van der Waals surface area contributed by atoms with Crippen LogP contribution in [0.1, 0.15) is 52.9 Å². The average molecular weight is 228 g/mol. The van der Waals surface area contributed by atoms with Gasteiger partial charge < -0.3 is 5.73 Å². The van der Waals surface area contributed by atoms with Crippen LogP contribution in [0.3, 0.4) is 0 Å². The summed E-state index contributed by atoms with van der Waals surface area (Å²) in [5, 5.41) is 0. The molecule has 0 bridgehead atoms. The minimum atomic E-state index is -0.139. The second-order valence-corrected chi connectivity index (χ2v) is 5.73. The highest BCUT2D eigenvalue weighted by molar-refractivity contribution is 5.75. The van der Waals surface area contributed by atoms with Crippen molar-refractivity contribution < 1.29 is 9.63 Å². The first-order valence-corrected chi connectivity index (χ1v) is 6.09. The molecule has 1 saturated carbocycles. The van der Waals surface area contributed by atoms with Crippen LogP contribution >= 0.6 is 0 Å². The highest BCUT2D eigenvalue weighted by Crippen LogP contribution is 2.21. The predicted molar refractivity (Wildman–Crippen MR) is 63.5 cm³/mol. The van der Waals surface area contributed by atoms with Gasteiger partial charge in [0.05, 0.1) is 6.10 Å². The molecule has 0 aromatic heterocycles. The molecule has 0 aromatic rings. The molecule has 94 valence electrons. The molecular formula is C12H24N2O2. The number of amides is 1. The third kappa shape index (κ3) is 4.49. The maximum Gasteiger partial charge on any atom is 0.245 e. The van der Waals surface area contributed by atoms with Gasteiger partial charge in [-0.2, -0.15) is 0 Å². The highest BCUT2D eigenvalue weighted by atomic mass is 16.7. The number of hydrogen-bond donors (Lipinski definition) is 2. The van der Waals surface area contributed by atoms with E-state index in [4.69, 9.17) is 10.6 Å². The molecular weight excluding hydrogens is 204 g/mol. The number of hydrogen-bond acceptors (Lipinski definition) is 3. The third-order valence-corrected chi connectivity index (χ3v) is 3.16. The van der Waals surface area contributed by atoms with E-state index in [1.807, 2.05) is 20.8 Å². The molecule has 3 N–H and O–H groups in total. The topological polar surface area (TPSA) is 64.4 Å². The van der Waals surface area contributed by atoms with Crippen molar-refractivity contribution in [1.82, 2.24) is 5.48 Å². The summed E-state index contributed by atoms with van der Waals surface area (Å²) in [7, 11) is 0. The zero-order valence-electron chi connectivity index (χ0n) is 10.6. The van der Waals surface area contributed by atoms with Crippen LogP contribution in [0.2, 0.25) is 0 Å². The Morgan fingerprint density at radius 1 is 1.44 bits per heavy atom. The van der Waals surface area contributed by atoms with Crippen molar-refractivity contribution in [2.24, 2.45) is 11.1 Å². The largest absolute Gasteiger partial charge is 0.327 e. The molecule has 0 heterocycles. The number of carbonyl (C=O) groups is 1. The molecule has 0 radical (unpaired) electrons. The maximum absolute atomic E-state index is 11.5. The Kier molecular flexibility index (Phi) is 4.74. The summed E-state index contributed by atoms with van der Waals surface area (Å²) in [6.07, 6.45) is 5.01. The smallest absolute Gasteiger partial charge is 0.245 e. The molecule has 1 fully saturated rings. The second-order valence-electron chi connectivity index (χ2n) is 5.73. The van der Waals surface area contributed by atoms with Crippen molar-refractivity contribution in [3.63, 3.8) is 0 Å². The van der Waals surface area contributed by atoms with E-state index in [2.05, 4.69) is 5.48 Å². The van der Waals surface area contributed by atoms with E-state index in [9.17, 15) is 4.79 Å². The summed E-state index contributed by atoms with van der Waals surface area (Å²) >= 11 is 0. The Morgan fingerprint density at radius 2 is 2.00 bits per heavy atom. The first-order chi connectivity index (χ1) is 7.39. The number of hydroxylamine groups is 1. The summed E-state index contributed by atoms with van der Waals surface area (Å²) in [4.78, 5) is 16.9. The lowest BCUT2D eigenvalue weighted by molar-refractivity contribution is -0.139. The Morgan fingerprint density at radius 3 is 2.50 bits per heavy atom. The Hall–Kier alpha value is -0.610. The van der Waals surface area contributed by atoms with Gasteiger partial charge in [0.2, 0.25) is 5.91 Å². The van der Waals surface area contributed by atoms with Gasteiger partial charge in [0, 0.05) is 12.5 Å². The zero-order chi connectivity index (χ0) is 12.2. The zero-order valence-corrected chi connectivity index (χ0v) is 10.6. The summed E-state index contributed by atoms with van der Waals surface area (Å²) in [6, 6.07) is -0.139. The molecule has 4 heteroatoms. The van der Waals surface area contributed by atoms with Gasteiger partial charge >= 0.3 is 0 Å². The number of carbonyl (C=O) groups excluding carboxylic acids is 1. The van der Waals surface area contributed by atoms with Crippen molar-refractivity contribution >= 4 is 5.91 Å². The van der Waals surface area contributed by atoms with Gasteiger partial charge in [-0.15, -0.1) is 0 Å². The van der Waals surface area contributed by atoms with Crippen molar-refractivity contribution in [3.8, 4) is 0 Å². The molecule has 0 aliphatic heterocycles. The fraction of sp³-hybridized carbons (Fsp3) is 0.917. The van der Waals surface area contributed by atoms with Crippen molar-refractivity contribution in [3.05, 3.63) is 0 Å². The van der Waals surface area contributed by atoms with Crippen LogP contribution in [0.4, 0.5) is 0 Å². The van der Waals surface area contributed by atoms with Gasteiger partial charge in [-0.25, -0.2) is 5.48 Å². The standard InChI is InChI=1S/C12H24N2O2/c1-12(2,3)10(13)8-11(15)14-16-9-6-4-5-7-9/h9-10H,4-8,13H2,1-3H3,(H,14,15). The summed E-state index contributed by atoms with van der Waals surface area (Å²) in [6.45, 7) is 6.09. The molecule has 0 spiro atoms. The Balaban J connectivity index is 2.20. The van der Waals surface area contributed by atoms with Crippen LogP contribution in [0.15, 0.2) is 0 Å². The normalized spacial score (nSPS) is 19.8. The molecule has 1 aliphatic carbocycles. The van der Waals surface area contributed by atoms with E-state index in [1.54, 1.807) is 0 Å². The van der Waals surface area contributed by atoms with Crippen LogP contribution in [-0.2, 0) is 9.63 Å². The molecule has 1 unspecified atom stereocenters. The molecule has 1 atom stereocenters. The van der Waals surface area contributed by atoms with Crippen LogP contribution in [0.5, 0.6) is 0 Å². The van der Waals surface area contributed by atoms with Gasteiger partial charge in [-0.3, -0.25) is 9.63 Å². The first kappa shape index (κ1) is 13.5. The average Bonchev–Trinajstić information content (AvgIpc) is 2.65. The molecule has 0 aromatic carbocycles. The van der Waals surface area contributed by atoms with E-state index >= 15 is 0 Å². The first-order valence-electron chi connectivity index (χ1n) is 6.09. The van der Waals surface area contributed by atoms with Crippen LogP contribution in [0.25, 0.3) is 0 Å². The van der Waals surface area contributed by atoms with Crippen LogP contribution in [-0.4, -0.2) is 18.1 Å². The molecule has 4 nitrogen and oxygen atoms in total. The third-order valence-electron chi connectivity index (χ3n) is 3.16. The fourth-order valence-corrected chi connectivity index (χ4v) is 1.70. The minimum Gasteiger partial charge on any atom is -0.327 e. The van der Waals surface area contributed by atoms with Crippen LogP contribution in [0, 0.1) is 5.41 Å². The maximum atomic E-state index is 11.5. The Labute approximate surface area is 97.9 Å². The van der Waals surface area contributed by atoms with Gasteiger partial charge in [-0.05, 0) is 18.3 Å². The van der Waals surface area contributed by atoms with Gasteiger partial charge in [0.1, 0.15) is 0 Å². The highest BCUT2D eigenvalue weighted by Gasteiger charge is 2.24. The van der Waals surface area contributed by atoms with E-state index in [-0.39, 0.29) is 23.5 Å². The Bertz CT molecular complexity index is 230. The van der Waals surface area contributed by atoms with Gasteiger partial charge in [-0.1, -0.05) is 33.6 Å². The van der Waals surface area contributed by atoms with Crippen molar-refractivity contribution in [2.45, 2.75) is 65.0 Å². The molecule has 1 amide bonds. The van der Waals surface area contributed by atoms with Crippen molar-refractivity contribution in [2.75, 3.05) is 0 Å². The van der Waals surface area contributed by atoms with Gasteiger partial charge in [0.25, 0.3) is 0 Å². The summed E-state index contributed by atoms with van der Waals surface area (Å²) in [5.41, 5.74) is 8.38. The van der Waals surface area contributed by atoms with E-state index in [1.165, 1.54) is 12.8 Å². The lowest BCUT2D eigenvalue weighted by Crippen LogP contribution is -2.40. The lowest BCUT2D eigenvalue weighted by atomic mass is 9.85. The molecule has 0 saturated heterocycles. The number of nitrogens with two attached hydrogens (primary N) is 1. The number of rotatable bonds is 4. The molecule has 16 heavy (non-hydrogen) atoms. The predicted octanol–water partition coefficient (Wildman–Crippen LogP) is 1.74. The van der Waals surface area contributed by atoms with Crippen molar-refractivity contribution in [1.29, 1.82) is 0 Å².